The first kappa shape index (κ1) is 16.2. The third-order valence-electron chi connectivity index (χ3n) is 4.10. The molecule has 1 saturated heterocycles. The number of carbonyl (C=O) groups excluding carboxylic acids is 1. The van der Waals surface area contributed by atoms with E-state index in [0.29, 0.717) is 37.7 Å². The number of aromatic nitrogens is 2. The van der Waals surface area contributed by atoms with E-state index in [0.717, 1.165) is 11.8 Å². The van der Waals surface area contributed by atoms with Crippen LogP contribution in [0.3, 0.4) is 0 Å². The van der Waals surface area contributed by atoms with E-state index in [1.807, 2.05) is 11.8 Å². The number of nitrogen functional groups attached to an aromatic ring is 1. The van der Waals surface area contributed by atoms with Gasteiger partial charge in [-0.15, -0.1) is 0 Å². The van der Waals surface area contributed by atoms with Gasteiger partial charge in [-0.3, -0.25) is 4.79 Å². The summed E-state index contributed by atoms with van der Waals surface area (Å²) >= 11 is 0. The zero-order valence-corrected chi connectivity index (χ0v) is 13.4. The highest BCUT2D eigenvalue weighted by molar-refractivity contribution is 5.76. The Hall–Kier alpha value is -2.64. The van der Waals surface area contributed by atoms with Gasteiger partial charge in [0.25, 0.3) is 0 Å². The summed E-state index contributed by atoms with van der Waals surface area (Å²) in [7, 11) is 0. The SMILES string of the molecule is Cc1cc(N)n(CC(=O)N2CCN(c3ccc(F)cc3F)CC2)n1. The summed E-state index contributed by atoms with van der Waals surface area (Å²) in [5, 5.41) is 4.18. The maximum absolute atomic E-state index is 13.8. The highest BCUT2D eigenvalue weighted by Crippen LogP contribution is 2.21. The smallest absolute Gasteiger partial charge is 0.244 e. The highest BCUT2D eigenvalue weighted by Gasteiger charge is 2.23. The maximum Gasteiger partial charge on any atom is 0.244 e. The van der Waals surface area contributed by atoms with E-state index in [4.69, 9.17) is 5.73 Å². The standard InChI is InChI=1S/C16H19F2N5O/c1-11-8-15(19)23(20-11)10-16(24)22-6-4-21(5-7-22)14-3-2-12(17)9-13(14)18/h2-3,8-9H,4-7,10,19H2,1H3. The molecule has 3 rings (SSSR count). The number of hydrogen-bond acceptors (Lipinski definition) is 4. The van der Waals surface area contributed by atoms with E-state index >= 15 is 0 Å². The number of aryl methyl sites for hydroxylation is 1. The molecule has 2 aromatic rings. The first-order valence-corrected chi connectivity index (χ1v) is 7.72. The molecule has 1 fully saturated rings. The number of piperazine rings is 1. The normalized spacial score (nSPS) is 15.0. The molecule has 6 nitrogen and oxygen atoms in total. The largest absolute Gasteiger partial charge is 0.384 e. The molecule has 2 heterocycles. The summed E-state index contributed by atoms with van der Waals surface area (Å²) in [6.07, 6.45) is 0. The van der Waals surface area contributed by atoms with E-state index in [2.05, 4.69) is 5.10 Å². The highest BCUT2D eigenvalue weighted by atomic mass is 19.1. The Labute approximate surface area is 138 Å². The Kier molecular flexibility index (Phi) is 4.37. The number of hydrogen-bond donors (Lipinski definition) is 1. The predicted octanol–water partition coefficient (Wildman–Crippen LogP) is 1.40. The average molecular weight is 335 g/mol. The Morgan fingerprint density at radius 2 is 1.92 bits per heavy atom. The lowest BCUT2D eigenvalue weighted by atomic mass is 10.2. The van der Waals surface area contributed by atoms with Gasteiger partial charge in [-0.1, -0.05) is 0 Å². The van der Waals surface area contributed by atoms with Crippen molar-refractivity contribution in [1.82, 2.24) is 14.7 Å². The van der Waals surface area contributed by atoms with Gasteiger partial charge in [0.2, 0.25) is 5.91 Å². The van der Waals surface area contributed by atoms with Crippen molar-refractivity contribution < 1.29 is 13.6 Å². The number of rotatable bonds is 3. The number of anilines is 2. The molecular formula is C16H19F2N5O. The van der Waals surface area contributed by atoms with Gasteiger partial charge in [0, 0.05) is 38.3 Å². The Morgan fingerprint density at radius 1 is 1.21 bits per heavy atom. The van der Waals surface area contributed by atoms with Crippen LogP contribution in [0.25, 0.3) is 0 Å². The van der Waals surface area contributed by atoms with Crippen LogP contribution in [0.5, 0.6) is 0 Å². The Morgan fingerprint density at radius 3 is 2.50 bits per heavy atom. The topological polar surface area (TPSA) is 67.4 Å². The van der Waals surface area contributed by atoms with Crippen LogP contribution in [0, 0.1) is 18.6 Å². The third-order valence-corrected chi connectivity index (χ3v) is 4.10. The first-order chi connectivity index (χ1) is 11.4. The van der Waals surface area contributed by atoms with Crippen LogP contribution in [0.1, 0.15) is 5.69 Å². The lowest BCUT2D eigenvalue weighted by molar-refractivity contribution is -0.132. The molecule has 1 aromatic heterocycles. The van der Waals surface area contributed by atoms with Gasteiger partial charge < -0.3 is 15.5 Å². The molecule has 0 aliphatic carbocycles. The van der Waals surface area contributed by atoms with Crippen molar-refractivity contribution in [3.63, 3.8) is 0 Å². The zero-order chi connectivity index (χ0) is 17.3. The molecule has 0 atom stereocenters. The first-order valence-electron chi connectivity index (χ1n) is 7.72. The molecule has 128 valence electrons. The average Bonchev–Trinajstić information content (AvgIpc) is 2.85. The quantitative estimate of drug-likeness (QED) is 0.921. The molecule has 1 aliphatic heterocycles. The molecule has 0 saturated carbocycles. The molecule has 24 heavy (non-hydrogen) atoms. The van der Waals surface area contributed by atoms with E-state index in [1.54, 1.807) is 11.0 Å². The van der Waals surface area contributed by atoms with Crippen LogP contribution in [0.15, 0.2) is 24.3 Å². The van der Waals surface area contributed by atoms with E-state index in [-0.39, 0.29) is 12.5 Å². The lowest BCUT2D eigenvalue weighted by Crippen LogP contribution is -2.50. The number of carbonyl (C=O) groups is 1. The van der Waals surface area contributed by atoms with Gasteiger partial charge in [-0.25, -0.2) is 13.5 Å². The summed E-state index contributed by atoms with van der Waals surface area (Å²) in [4.78, 5) is 15.9. The lowest BCUT2D eigenvalue weighted by Gasteiger charge is -2.36. The molecule has 1 aliphatic rings. The number of nitrogens with zero attached hydrogens (tertiary/aromatic N) is 4. The summed E-state index contributed by atoms with van der Waals surface area (Å²) in [6.45, 7) is 3.81. The van der Waals surface area contributed by atoms with Crippen LogP contribution in [-0.4, -0.2) is 46.8 Å². The van der Waals surface area contributed by atoms with Gasteiger partial charge in [-0.05, 0) is 19.1 Å². The number of halogens is 2. The molecular weight excluding hydrogens is 316 g/mol. The van der Waals surface area contributed by atoms with Crippen LogP contribution >= 0.6 is 0 Å². The van der Waals surface area contributed by atoms with Gasteiger partial charge in [0.15, 0.2) is 0 Å². The summed E-state index contributed by atoms with van der Waals surface area (Å²) in [5.41, 5.74) is 6.91. The minimum absolute atomic E-state index is 0.0796. The van der Waals surface area contributed by atoms with Crippen molar-refractivity contribution in [1.29, 1.82) is 0 Å². The van der Waals surface area contributed by atoms with Crippen LogP contribution in [0.2, 0.25) is 0 Å². The molecule has 0 bridgehead atoms. The second kappa shape index (κ2) is 6.46. The van der Waals surface area contributed by atoms with Crippen LogP contribution in [-0.2, 0) is 11.3 Å². The number of nitrogens with two attached hydrogens (primary N) is 1. The van der Waals surface area contributed by atoms with Crippen molar-refractivity contribution in [2.24, 2.45) is 0 Å². The van der Waals surface area contributed by atoms with Crippen molar-refractivity contribution in [2.45, 2.75) is 13.5 Å². The molecule has 1 amide bonds. The fourth-order valence-electron chi connectivity index (χ4n) is 2.85. The van der Waals surface area contributed by atoms with Gasteiger partial charge in [-0.2, -0.15) is 5.10 Å². The molecule has 0 radical (unpaired) electrons. The summed E-state index contributed by atoms with van der Waals surface area (Å²) in [6, 6.07) is 5.24. The van der Waals surface area contributed by atoms with Crippen LogP contribution < -0.4 is 10.6 Å². The Bertz CT molecular complexity index is 753. The minimum Gasteiger partial charge on any atom is -0.384 e. The van der Waals surface area contributed by atoms with Gasteiger partial charge in [0.05, 0.1) is 11.4 Å². The Balaban J connectivity index is 1.60. The molecule has 8 heteroatoms. The van der Waals surface area contributed by atoms with E-state index in [9.17, 15) is 13.6 Å². The molecule has 0 unspecified atom stereocenters. The summed E-state index contributed by atoms with van der Waals surface area (Å²) < 4.78 is 28.3. The number of benzene rings is 1. The van der Waals surface area contributed by atoms with Gasteiger partial charge >= 0.3 is 0 Å². The zero-order valence-electron chi connectivity index (χ0n) is 13.4. The van der Waals surface area contributed by atoms with Gasteiger partial charge in [0.1, 0.15) is 24.0 Å². The summed E-state index contributed by atoms with van der Waals surface area (Å²) in [5.74, 6) is -0.816. The molecule has 1 aromatic carbocycles. The van der Waals surface area contributed by atoms with Crippen molar-refractivity contribution in [2.75, 3.05) is 36.8 Å². The second-order valence-electron chi connectivity index (χ2n) is 5.83. The fourth-order valence-corrected chi connectivity index (χ4v) is 2.85. The fraction of sp³-hybridized carbons (Fsp3) is 0.375. The predicted molar refractivity (Wildman–Crippen MR) is 86.5 cm³/mol. The van der Waals surface area contributed by atoms with Crippen molar-refractivity contribution in [3.8, 4) is 0 Å². The molecule has 2 N–H and O–H groups in total. The molecule has 0 spiro atoms. The monoisotopic (exact) mass is 335 g/mol. The third kappa shape index (κ3) is 3.32. The maximum atomic E-state index is 13.8. The van der Waals surface area contributed by atoms with Crippen LogP contribution in [0.4, 0.5) is 20.3 Å². The minimum atomic E-state index is -0.600. The second-order valence-corrected chi connectivity index (χ2v) is 5.83. The van der Waals surface area contributed by atoms with Crippen molar-refractivity contribution in [3.05, 3.63) is 41.6 Å². The van der Waals surface area contributed by atoms with E-state index < -0.39 is 11.6 Å². The van der Waals surface area contributed by atoms with Crippen molar-refractivity contribution >= 4 is 17.4 Å². The number of amides is 1. The van der Waals surface area contributed by atoms with E-state index in [1.165, 1.54) is 16.8 Å².